The first kappa shape index (κ1) is 20.5. The predicted octanol–water partition coefficient (Wildman–Crippen LogP) is 3.49. The molecule has 0 aliphatic carbocycles. The number of hydrogen-bond acceptors (Lipinski definition) is 4. The fourth-order valence-electron chi connectivity index (χ4n) is 2.44. The molecular weight excluding hydrogens is 344 g/mol. The number of anilines is 1. The summed E-state index contributed by atoms with van der Waals surface area (Å²) >= 11 is 0. The summed E-state index contributed by atoms with van der Waals surface area (Å²) < 4.78 is 10.7. The number of carbonyl (C=O) groups is 2. The second-order valence-corrected chi connectivity index (χ2v) is 6.30. The summed E-state index contributed by atoms with van der Waals surface area (Å²) in [6.07, 6.45) is 0.725. The van der Waals surface area contributed by atoms with Crippen LogP contribution in [-0.2, 0) is 4.74 Å². The van der Waals surface area contributed by atoms with Crippen LogP contribution >= 0.6 is 0 Å². The van der Waals surface area contributed by atoms with Crippen LogP contribution in [0.15, 0.2) is 48.5 Å². The van der Waals surface area contributed by atoms with Gasteiger partial charge in [0.15, 0.2) is 0 Å². The van der Waals surface area contributed by atoms with Crippen molar-refractivity contribution in [2.24, 2.45) is 0 Å². The number of rotatable bonds is 9. The number of nitrogens with one attached hydrogen (secondary N) is 2. The number of ether oxygens (including phenoxy) is 2. The van der Waals surface area contributed by atoms with Gasteiger partial charge < -0.3 is 20.1 Å². The number of carbonyl (C=O) groups excluding carboxylic acids is 2. The first-order chi connectivity index (χ1) is 13.0. The van der Waals surface area contributed by atoms with E-state index in [1.165, 1.54) is 0 Å². The number of amides is 2. The maximum absolute atomic E-state index is 12.6. The van der Waals surface area contributed by atoms with Gasteiger partial charge in [-0.15, -0.1) is 0 Å². The Kier molecular flexibility index (Phi) is 7.82. The van der Waals surface area contributed by atoms with E-state index in [0.717, 1.165) is 6.42 Å². The van der Waals surface area contributed by atoms with Gasteiger partial charge in [-0.2, -0.15) is 0 Å². The Bertz CT molecular complexity index is 774. The zero-order valence-electron chi connectivity index (χ0n) is 16.0. The Labute approximate surface area is 159 Å². The van der Waals surface area contributed by atoms with Gasteiger partial charge in [-0.05, 0) is 50.6 Å². The van der Waals surface area contributed by atoms with E-state index in [1.54, 1.807) is 43.5 Å². The largest absolute Gasteiger partial charge is 0.489 e. The highest BCUT2D eigenvalue weighted by Gasteiger charge is 2.13. The third-order valence-electron chi connectivity index (χ3n) is 3.70. The van der Waals surface area contributed by atoms with Crippen molar-refractivity contribution in [1.82, 2.24) is 5.32 Å². The summed E-state index contributed by atoms with van der Waals surface area (Å²) in [6.45, 7) is 4.95. The van der Waals surface area contributed by atoms with E-state index in [1.807, 2.05) is 26.0 Å². The molecule has 6 heteroatoms. The first-order valence-corrected chi connectivity index (χ1v) is 8.95. The molecule has 27 heavy (non-hydrogen) atoms. The molecule has 0 atom stereocenters. The molecule has 6 nitrogen and oxygen atoms in total. The van der Waals surface area contributed by atoms with Crippen LogP contribution in [0.2, 0.25) is 0 Å². The number of hydrogen-bond donors (Lipinski definition) is 2. The van der Waals surface area contributed by atoms with Crippen LogP contribution in [0.1, 0.15) is 41.0 Å². The molecular formula is C21H26N2O4. The molecule has 2 aromatic carbocycles. The molecule has 2 rings (SSSR count). The van der Waals surface area contributed by atoms with E-state index in [2.05, 4.69) is 10.6 Å². The van der Waals surface area contributed by atoms with Crippen LogP contribution in [0.5, 0.6) is 5.75 Å². The highest BCUT2D eigenvalue weighted by atomic mass is 16.5. The normalized spacial score (nSPS) is 10.5. The minimum Gasteiger partial charge on any atom is -0.489 e. The summed E-state index contributed by atoms with van der Waals surface area (Å²) in [5.74, 6) is 0.0843. The molecule has 2 aromatic rings. The molecule has 0 unspecified atom stereocenters. The van der Waals surface area contributed by atoms with E-state index in [9.17, 15) is 9.59 Å². The number of methoxy groups -OCH3 is 1. The van der Waals surface area contributed by atoms with Gasteiger partial charge in [0.05, 0.1) is 11.8 Å². The minimum absolute atomic E-state index is 0.00631. The van der Waals surface area contributed by atoms with Crippen molar-refractivity contribution in [2.75, 3.05) is 25.6 Å². The Balaban J connectivity index is 2.06. The van der Waals surface area contributed by atoms with Crippen LogP contribution in [0.25, 0.3) is 0 Å². The van der Waals surface area contributed by atoms with Gasteiger partial charge in [0, 0.05) is 31.4 Å². The standard InChI is InChI=1S/C21H26N2O4/c1-15(2)27-19-11-5-4-10-18(19)23-21(25)17-9-6-8-16(14-17)20(24)22-12-7-13-26-3/h4-6,8-11,14-15H,7,12-13H2,1-3H3,(H,22,24)(H,23,25). The monoisotopic (exact) mass is 370 g/mol. The van der Waals surface area contributed by atoms with Crippen LogP contribution in [0, 0.1) is 0 Å². The van der Waals surface area contributed by atoms with E-state index < -0.39 is 0 Å². The van der Waals surface area contributed by atoms with Crippen LogP contribution in [0.3, 0.4) is 0 Å². The van der Waals surface area contributed by atoms with E-state index >= 15 is 0 Å². The summed E-state index contributed by atoms with van der Waals surface area (Å²) in [7, 11) is 1.62. The molecule has 0 fully saturated rings. The van der Waals surface area contributed by atoms with Gasteiger partial charge in [0.25, 0.3) is 11.8 Å². The fourth-order valence-corrected chi connectivity index (χ4v) is 2.44. The predicted molar refractivity (Wildman–Crippen MR) is 105 cm³/mol. The lowest BCUT2D eigenvalue weighted by Gasteiger charge is -2.15. The minimum atomic E-state index is -0.302. The fraction of sp³-hybridized carbons (Fsp3) is 0.333. The molecule has 0 radical (unpaired) electrons. The maximum Gasteiger partial charge on any atom is 0.255 e. The first-order valence-electron chi connectivity index (χ1n) is 8.95. The molecule has 0 spiro atoms. The highest BCUT2D eigenvalue weighted by Crippen LogP contribution is 2.25. The number of benzene rings is 2. The quantitative estimate of drug-likeness (QED) is 0.663. The third-order valence-corrected chi connectivity index (χ3v) is 3.70. The van der Waals surface area contributed by atoms with Crippen LogP contribution in [0.4, 0.5) is 5.69 Å². The molecule has 2 amide bonds. The second-order valence-electron chi connectivity index (χ2n) is 6.30. The van der Waals surface area contributed by atoms with Gasteiger partial charge in [0.2, 0.25) is 0 Å². The molecule has 0 aliphatic heterocycles. The van der Waals surface area contributed by atoms with Crippen molar-refractivity contribution < 1.29 is 19.1 Å². The van der Waals surface area contributed by atoms with Crippen molar-refractivity contribution in [3.05, 3.63) is 59.7 Å². The van der Waals surface area contributed by atoms with Crippen molar-refractivity contribution in [1.29, 1.82) is 0 Å². The van der Waals surface area contributed by atoms with Crippen molar-refractivity contribution >= 4 is 17.5 Å². The average molecular weight is 370 g/mol. The SMILES string of the molecule is COCCCNC(=O)c1cccc(C(=O)Nc2ccccc2OC(C)C)c1. The highest BCUT2D eigenvalue weighted by molar-refractivity contribution is 6.06. The summed E-state index contributed by atoms with van der Waals surface area (Å²) in [6, 6.07) is 13.9. The Morgan fingerprint density at radius 3 is 2.41 bits per heavy atom. The summed E-state index contributed by atoms with van der Waals surface area (Å²) in [5, 5.41) is 5.66. The maximum atomic E-state index is 12.6. The van der Waals surface area contributed by atoms with Gasteiger partial charge in [0.1, 0.15) is 5.75 Å². The van der Waals surface area contributed by atoms with Crippen LogP contribution in [-0.4, -0.2) is 38.2 Å². The molecule has 0 aliphatic rings. The van der Waals surface area contributed by atoms with Gasteiger partial charge in [-0.3, -0.25) is 9.59 Å². The van der Waals surface area contributed by atoms with Crippen molar-refractivity contribution in [2.45, 2.75) is 26.4 Å². The molecule has 144 valence electrons. The lowest BCUT2D eigenvalue weighted by atomic mass is 10.1. The molecule has 0 heterocycles. The molecule has 0 bridgehead atoms. The topological polar surface area (TPSA) is 76.7 Å². The summed E-state index contributed by atoms with van der Waals surface area (Å²) in [4.78, 5) is 24.8. The van der Waals surface area contributed by atoms with E-state index in [-0.39, 0.29) is 17.9 Å². The molecule has 0 saturated heterocycles. The van der Waals surface area contributed by atoms with E-state index in [4.69, 9.17) is 9.47 Å². The molecule has 2 N–H and O–H groups in total. The van der Waals surface area contributed by atoms with Crippen molar-refractivity contribution in [3.63, 3.8) is 0 Å². The Morgan fingerprint density at radius 1 is 1.00 bits per heavy atom. The zero-order chi connectivity index (χ0) is 19.6. The van der Waals surface area contributed by atoms with Gasteiger partial charge in [-0.25, -0.2) is 0 Å². The molecule has 0 aromatic heterocycles. The lowest BCUT2D eigenvalue weighted by Crippen LogP contribution is -2.25. The zero-order valence-corrected chi connectivity index (χ0v) is 16.0. The second kappa shape index (κ2) is 10.3. The Hall–Kier alpha value is -2.86. The van der Waals surface area contributed by atoms with Gasteiger partial charge in [-0.1, -0.05) is 18.2 Å². The summed E-state index contributed by atoms with van der Waals surface area (Å²) in [5.41, 5.74) is 1.43. The lowest BCUT2D eigenvalue weighted by molar-refractivity contribution is 0.0948. The average Bonchev–Trinajstić information content (AvgIpc) is 2.66. The molecule has 0 saturated carbocycles. The van der Waals surface area contributed by atoms with Crippen LogP contribution < -0.4 is 15.4 Å². The Morgan fingerprint density at radius 2 is 1.70 bits per heavy atom. The van der Waals surface area contributed by atoms with Crippen molar-refractivity contribution in [3.8, 4) is 5.75 Å². The smallest absolute Gasteiger partial charge is 0.255 e. The van der Waals surface area contributed by atoms with E-state index in [0.29, 0.717) is 35.7 Å². The third kappa shape index (κ3) is 6.42. The van der Waals surface area contributed by atoms with Gasteiger partial charge >= 0.3 is 0 Å². The number of para-hydroxylation sites is 2.